The van der Waals surface area contributed by atoms with Crippen molar-refractivity contribution >= 4 is 11.4 Å². The van der Waals surface area contributed by atoms with Gasteiger partial charge in [0.05, 0.1) is 30.6 Å². The number of ether oxygens (including phenoxy) is 1. The topological polar surface area (TPSA) is 82.3 Å². The summed E-state index contributed by atoms with van der Waals surface area (Å²) in [5.74, 6) is 0.378. The number of carbonyl (C=O) groups excluding carboxylic acids is 1. The monoisotopic (exact) mass is 377 g/mol. The predicted molar refractivity (Wildman–Crippen MR) is 99.0 cm³/mol. The lowest BCUT2D eigenvalue weighted by Crippen LogP contribution is -2.08. The van der Waals surface area contributed by atoms with E-state index in [-0.39, 0.29) is 18.0 Å². The molecule has 4 aromatic rings. The Hall–Kier alpha value is -3.68. The van der Waals surface area contributed by atoms with Crippen LogP contribution < -0.4 is 4.74 Å². The van der Waals surface area contributed by atoms with Gasteiger partial charge >= 0.3 is 0 Å². The first-order valence-corrected chi connectivity index (χ1v) is 8.59. The Morgan fingerprint density at radius 2 is 2.00 bits per heavy atom. The SMILES string of the molecule is Cc1cccc(CC(=O)c2cc(Oc3cncc(F)c3)cn3nc(C)nc23)n1. The summed E-state index contributed by atoms with van der Waals surface area (Å²) in [4.78, 5) is 25.4. The third-order valence-electron chi connectivity index (χ3n) is 4.02. The van der Waals surface area contributed by atoms with Crippen molar-refractivity contribution in [2.24, 2.45) is 0 Å². The fraction of sp³-hybridized carbons (Fsp3) is 0.150. The molecule has 0 atom stereocenters. The van der Waals surface area contributed by atoms with Crippen molar-refractivity contribution in [3.05, 3.63) is 77.5 Å². The zero-order chi connectivity index (χ0) is 19.7. The molecule has 0 saturated carbocycles. The molecule has 0 amide bonds. The molecule has 0 aliphatic rings. The van der Waals surface area contributed by atoms with E-state index in [1.807, 2.05) is 19.1 Å². The van der Waals surface area contributed by atoms with Crippen molar-refractivity contribution in [3.8, 4) is 11.5 Å². The summed E-state index contributed by atoms with van der Waals surface area (Å²) in [5.41, 5.74) is 2.29. The Morgan fingerprint density at radius 1 is 1.14 bits per heavy atom. The van der Waals surface area contributed by atoms with E-state index >= 15 is 0 Å². The average molecular weight is 377 g/mol. The van der Waals surface area contributed by atoms with E-state index in [0.717, 1.165) is 11.9 Å². The van der Waals surface area contributed by atoms with Crippen molar-refractivity contribution in [3.63, 3.8) is 0 Å². The van der Waals surface area contributed by atoms with Crippen LogP contribution >= 0.6 is 0 Å². The van der Waals surface area contributed by atoms with Gasteiger partial charge in [-0.25, -0.2) is 13.9 Å². The Kier molecular flexibility index (Phi) is 4.52. The largest absolute Gasteiger partial charge is 0.454 e. The lowest BCUT2D eigenvalue weighted by atomic mass is 10.1. The quantitative estimate of drug-likeness (QED) is 0.495. The molecule has 0 radical (unpaired) electrons. The van der Waals surface area contributed by atoms with Crippen LogP contribution in [0.3, 0.4) is 0 Å². The van der Waals surface area contributed by atoms with Gasteiger partial charge in [-0.2, -0.15) is 5.10 Å². The van der Waals surface area contributed by atoms with E-state index < -0.39 is 5.82 Å². The second-order valence-corrected chi connectivity index (χ2v) is 6.33. The predicted octanol–water partition coefficient (Wildman–Crippen LogP) is 3.49. The molecule has 4 rings (SSSR count). The molecule has 4 heterocycles. The second kappa shape index (κ2) is 7.15. The number of halogens is 1. The van der Waals surface area contributed by atoms with Crippen LogP contribution in [0.5, 0.6) is 11.5 Å². The fourth-order valence-corrected chi connectivity index (χ4v) is 2.87. The summed E-state index contributed by atoms with van der Waals surface area (Å²) >= 11 is 0. The van der Waals surface area contributed by atoms with Crippen molar-refractivity contribution in [1.82, 2.24) is 24.6 Å². The molecule has 0 bridgehead atoms. The Bertz CT molecular complexity index is 1190. The maximum Gasteiger partial charge on any atom is 0.172 e. The van der Waals surface area contributed by atoms with Gasteiger partial charge in [0, 0.05) is 17.5 Å². The highest BCUT2D eigenvalue weighted by atomic mass is 19.1. The van der Waals surface area contributed by atoms with Crippen LogP contribution in [-0.4, -0.2) is 30.3 Å². The number of ketones is 1. The smallest absolute Gasteiger partial charge is 0.172 e. The minimum atomic E-state index is -0.517. The standard InChI is InChI=1S/C20H16FN5O2/c1-12-4-3-5-15(23-12)7-19(27)18-8-17(11-26-20(18)24-13(2)25-26)28-16-6-14(21)9-22-10-16/h3-6,8-11H,7H2,1-2H3. The average Bonchev–Trinajstić information content (AvgIpc) is 3.01. The third-order valence-corrected chi connectivity index (χ3v) is 4.02. The third kappa shape index (κ3) is 3.71. The number of nitrogens with zero attached hydrogens (tertiary/aromatic N) is 5. The van der Waals surface area contributed by atoms with Gasteiger partial charge in [0.2, 0.25) is 0 Å². The zero-order valence-electron chi connectivity index (χ0n) is 15.3. The number of carbonyl (C=O) groups is 1. The molecular formula is C20H16FN5O2. The number of aryl methyl sites for hydroxylation is 2. The summed E-state index contributed by atoms with van der Waals surface area (Å²) < 4.78 is 20.5. The first-order valence-electron chi connectivity index (χ1n) is 8.59. The van der Waals surface area contributed by atoms with E-state index in [4.69, 9.17) is 4.74 Å². The maximum absolute atomic E-state index is 13.4. The van der Waals surface area contributed by atoms with Crippen LogP contribution in [-0.2, 0) is 6.42 Å². The number of Topliss-reactive ketones (excluding diaryl/α,β-unsaturated/α-hetero) is 1. The van der Waals surface area contributed by atoms with Gasteiger partial charge in [0.1, 0.15) is 23.1 Å². The van der Waals surface area contributed by atoms with E-state index in [1.165, 1.54) is 16.8 Å². The molecule has 0 N–H and O–H groups in total. The van der Waals surface area contributed by atoms with E-state index in [2.05, 4.69) is 20.1 Å². The Labute approximate surface area is 159 Å². The Balaban J connectivity index is 1.72. The van der Waals surface area contributed by atoms with Gasteiger partial charge < -0.3 is 4.74 Å². The van der Waals surface area contributed by atoms with E-state index in [9.17, 15) is 9.18 Å². The van der Waals surface area contributed by atoms with Gasteiger partial charge in [0.25, 0.3) is 0 Å². The first-order chi connectivity index (χ1) is 13.5. The van der Waals surface area contributed by atoms with Crippen LogP contribution in [0.4, 0.5) is 4.39 Å². The number of hydrogen-bond acceptors (Lipinski definition) is 6. The maximum atomic E-state index is 13.4. The van der Waals surface area contributed by atoms with Crippen molar-refractivity contribution in [2.45, 2.75) is 20.3 Å². The second-order valence-electron chi connectivity index (χ2n) is 6.33. The molecule has 0 aliphatic carbocycles. The van der Waals surface area contributed by atoms with Gasteiger partial charge in [0.15, 0.2) is 11.4 Å². The van der Waals surface area contributed by atoms with Gasteiger partial charge in [-0.3, -0.25) is 14.8 Å². The minimum absolute atomic E-state index is 0.119. The lowest BCUT2D eigenvalue weighted by Gasteiger charge is -2.09. The number of pyridine rings is 3. The van der Waals surface area contributed by atoms with Crippen LogP contribution in [0.1, 0.15) is 27.6 Å². The Morgan fingerprint density at radius 3 is 2.79 bits per heavy atom. The van der Waals surface area contributed by atoms with Crippen molar-refractivity contribution < 1.29 is 13.9 Å². The van der Waals surface area contributed by atoms with Gasteiger partial charge in [-0.15, -0.1) is 0 Å². The highest BCUT2D eigenvalue weighted by molar-refractivity contribution is 6.02. The number of hydrogen-bond donors (Lipinski definition) is 0. The summed E-state index contributed by atoms with van der Waals surface area (Å²) in [7, 11) is 0. The fourth-order valence-electron chi connectivity index (χ4n) is 2.87. The molecule has 7 nitrogen and oxygen atoms in total. The molecular weight excluding hydrogens is 361 g/mol. The molecule has 28 heavy (non-hydrogen) atoms. The molecule has 0 aromatic carbocycles. The molecule has 0 spiro atoms. The van der Waals surface area contributed by atoms with E-state index in [0.29, 0.717) is 28.5 Å². The lowest BCUT2D eigenvalue weighted by molar-refractivity contribution is 0.0992. The molecule has 0 saturated heterocycles. The van der Waals surface area contributed by atoms with Crippen LogP contribution in [0.2, 0.25) is 0 Å². The highest BCUT2D eigenvalue weighted by Gasteiger charge is 2.17. The van der Waals surface area contributed by atoms with Gasteiger partial charge in [-0.1, -0.05) is 6.07 Å². The normalized spacial score (nSPS) is 11.0. The minimum Gasteiger partial charge on any atom is -0.454 e. The van der Waals surface area contributed by atoms with Crippen LogP contribution in [0.15, 0.2) is 48.9 Å². The number of fused-ring (bicyclic) bond motifs is 1. The van der Waals surface area contributed by atoms with Crippen molar-refractivity contribution in [2.75, 3.05) is 0 Å². The summed E-state index contributed by atoms with van der Waals surface area (Å²) in [6.07, 6.45) is 4.18. The first kappa shape index (κ1) is 17.7. The molecule has 0 fully saturated rings. The summed E-state index contributed by atoms with van der Waals surface area (Å²) in [6.45, 7) is 3.61. The number of aromatic nitrogens is 5. The van der Waals surface area contributed by atoms with Crippen LogP contribution in [0, 0.1) is 19.7 Å². The highest BCUT2D eigenvalue weighted by Crippen LogP contribution is 2.25. The van der Waals surface area contributed by atoms with Crippen molar-refractivity contribution in [1.29, 1.82) is 0 Å². The molecule has 0 unspecified atom stereocenters. The van der Waals surface area contributed by atoms with Crippen LogP contribution in [0.25, 0.3) is 5.65 Å². The van der Waals surface area contributed by atoms with Gasteiger partial charge in [-0.05, 0) is 32.0 Å². The number of rotatable bonds is 5. The molecule has 0 aliphatic heterocycles. The summed E-state index contributed by atoms with van der Waals surface area (Å²) in [6, 6.07) is 8.32. The molecule has 140 valence electrons. The zero-order valence-corrected chi connectivity index (χ0v) is 15.3. The molecule has 4 aromatic heterocycles. The summed E-state index contributed by atoms with van der Waals surface area (Å²) in [5, 5.41) is 4.27. The molecule has 8 heteroatoms. The van der Waals surface area contributed by atoms with E-state index in [1.54, 1.807) is 25.3 Å².